The van der Waals surface area contributed by atoms with Crippen LogP contribution in [0.2, 0.25) is 0 Å². The molecule has 1 fully saturated rings. The molecule has 2 aliphatic rings. The molecule has 0 bridgehead atoms. The van der Waals surface area contributed by atoms with Gasteiger partial charge in [-0.1, -0.05) is 12.1 Å². The van der Waals surface area contributed by atoms with E-state index in [2.05, 4.69) is 16.3 Å². The van der Waals surface area contributed by atoms with Gasteiger partial charge in [-0.25, -0.2) is 4.39 Å². The summed E-state index contributed by atoms with van der Waals surface area (Å²) < 4.78 is 25.1. The van der Waals surface area contributed by atoms with Gasteiger partial charge in [-0.3, -0.25) is 5.10 Å². The fourth-order valence-corrected chi connectivity index (χ4v) is 4.35. The van der Waals surface area contributed by atoms with E-state index in [1.807, 2.05) is 24.3 Å². The van der Waals surface area contributed by atoms with Gasteiger partial charge in [-0.15, -0.1) is 5.10 Å². The van der Waals surface area contributed by atoms with Crippen LogP contribution in [-0.4, -0.2) is 16.3 Å². The molecule has 7 heteroatoms. The first-order chi connectivity index (χ1) is 15.1. The molecule has 2 heterocycles. The molecule has 0 saturated heterocycles. The number of rotatable bonds is 4. The zero-order valence-corrected chi connectivity index (χ0v) is 16.8. The lowest BCUT2D eigenvalue weighted by Gasteiger charge is -2.24. The molecule has 1 atom stereocenters. The maximum absolute atomic E-state index is 13.4. The number of aromatic amines is 1. The molecule has 1 aliphatic carbocycles. The molecular formula is C24H21FN4O2. The number of nitriles is 1. The zero-order chi connectivity index (χ0) is 21.4. The molecule has 1 aliphatic heterocycles. The molecule has 5 rings (SSSR count). The Kier molecular flexibility index (Phi) is 4.83. The summed E-state index contributed by atoms with van der Waals surface area (Å²) in [4.78, 5) is 0. The second-order valence-electron chi connectivity index (χ2n) is 7.84. The van der Waals surface area contributed by atoms with E-state index in [0.717, 1.165) is 29.7 Å². The van der Waals surface area contributed by atoms with Crippen molar-refractivity contribution in [1.29, 1.82) is 5.26 Å². The number of nitrogens with one attached hydrogen (secondary N) is 1. The number of benzene rings is 2. The largest absolute Gasteiger partial charge is 0.490 e. The molecule has 0 amide bonds. The predicted molar refractivity (Wildman–Crippen MR) is 113 cm³/mol. The standard InChI is InChI=1S/C24H21FN4O2/c25-16-9-5-15(6-10-16)22-21-20(19(13-26)23(27)31-24(21)29-28-22)14-7-11-18(12-8-14)30-17-3-1-2-4-17/h5-12,17,20H,1-4,27H2,(H,28,29)/t20-/m0/s1. The predicted octanol–water partition coefficient (Wildman–Crippen LogP) is 4.76. The van der Waals surface area contributed by atoms with E-state index in [4.69, 9.17) is 15.2 Å². The molecule has 0 unspecified atom stereocenters. The first kappa shape index (κ1) is 19.2. The summed E-state index contributed by atoms with van der Waals surface area (Å²) in [6.07, 6.45) is 4.84. The van der Waals surface area contributed by atoms with Crippen molar-refractivity contribution in [3.8, 4) is 29.0 Å². The Labute approximate surface area is 179 Å². The molecule has 2 aromatic carbocycles. The SMILES string of the molecule is N#CC1=C(N)Oc2n[nH]c(-c3ccc(F)cc3)c2[C@H]1c1ccc(OC2CCCC2)cc1. The van der Waals surface area contributed by atoms with E-state index in [0.29, 0.717) is 22.7 Å². The van der Waals surface area contributed by atoms with E-state index in [9.17, 15) is 9.65 Å². The van der Waals surface area contributed by atoms with Crippen molar-refractivity contribution in [2.45, 2.75) is 37.7 Å². The minimum absolute atomic E-state index is 0.0310. The van der Waals surface area contributed by atoms with Crippen LogP contribution in [0.5, 0.6) is 11.6 Å². The zero-order valence-electron chi connectivity index (χ0n) is 16.8. The number of ether oxygens (including phenoxy) is 2. The Morgan fingerprint density at radius 2 is 1.81 bits per heavy atom. The summed E-state index contributed by atoms with van der Waals surface area (Å²) in [7, 11) is 0. The lowest BCUT2D eigenvalue weighted by atomic mass is 9.83. The van der Waals surface area contributed by atoms with Gasteiger partial charge in [0.15, 0.2) is 0 Å². The van der Waals surface area contributed by atoms with Gasteiger partial charge < -0.3 is 15.2 Å². The third kappa shape index (κ3) is 3.50. The summed E-state index contributed by atoms with van der Waals surface area (Å²) in [5.74, 6) is 0.359. The Balaban J connectivity index is 1.55. The Hall–Kier alpha value is -3.79. The fraction of sp³-hybridized carbons (Fsp3) is 0.250. The van der Waals surface area contributed by atoms with Crippen molar-refractivity contribution >= 4 is 0 Å². The molecular weight excluding hydrogens is 395 g/mol. The molecule has 3 aromatic rings. The quantitative estimate of drug-likeness (QED) is 0.639. The van der Waals surface area contributed by atoms with Gasteiger partial charge in [0, 0.05) is 5.56 Å². The number of fused-ring (bicyclic) bond motifs is 1. The van der Waals surface area contributed by atoms with Gasteiger partial charge in [-0.05, 0) is 67.6 Å². The number of aromatic nitrogens is 2. The van der Waals surface area contributed by atoms with Crippen LogP contribution in [-0.2, 0) is 0 Å². The van der Waals surface area contributed by atoms with Gasteiger partial charge in [0.2, 0.25) is 11.8 Å². The summed E-state index contributed by atoms with van der Waals surface area (Å²) in [6.45, 7) is 0. The van der Waals surface area contributed by atoms with Crippen molar-refractivity contribution in [3.05, 3.63) is 76.9 Å². The molecule has 0 radical (unpaired) electrons. The van der Waals surface area contributed by atoms with Crippen LogP contribution >= 0.6 is 0 Å². The fourth-order valence-electron chi connectivity index (χ4n) is 4.35. The van der Waals surface area contributed by atoms with Gasteiger partial charge in [0.25, 0.3) is 0 Å². The monoisotopic (exact) mass is 416 g/mol. The molecule has 31 heavy (non-hydrogen) atoms. The molecule has 156 valence electrons. The highest BCUT2D eigenvalue weighted by molar-refractivity contribution is 5.70. The van der Waals surface area contributed by atoms with E-state index in [-0.39, 0.29) is 17.8 Å². The Morgan fingerprint density at radius 3 is 2.48 bits per heavy atom. The number of allylic oxidation sites excluding steroid dienone is 1. The van der Waals surface area contributed by atoms with Crippen molar-refractivity contribution in [2.75, 3.05) is 0 Å². The molecule has 1 saturated carbocycles. The molecule has 0 spiro atoms. The van der Waals surface area contributed by atoms with Crippen LogP contribution < -0.4 is 15.2 Å². The normalized spacial score (nSPS) is 18.4. The second kappa shape index (κ2) is 7.80. The number of nitrogens with two attached hydrogens (primary N) is 1. The lowest BCUT2D eigenvalue weighted by Crippen LogP contribution is -2.21. The highest BCUT2D eigenvalue weighted by atomic mass is 19.1. The second-order valence-corrected chi connectivity index (χ2v) is 7.84. The van der Waals surface area contributed by atoms with E-state index < -0.39 is 5.92 Å². The molecule has 3 N–H and O–H groups in total. The minimum Gasteiger partial charge on any atom is -0.490 e. The van der Waals surface area contributed by atoms with Gasteiger partial charge in [0.1, 0.15) is 23.2 Å². The average Bonchev–Trinajstić information content (AvgIpc) is 3.44. The first-order valence-electron chi connectivity index (χ1n) is 10.3. The topological polar surface area (TPSA) is 97.0 Å². The maximum atomic E-state index is 13.4. The van der Waals surface area contributed by atoms with Crippen LogP contribution in [0.3, 0.4) is 0 Å². The highest BCUT2D eigenvalue weighted by Crippen LogP contribution is 2.45. The van der Waals surface area contributed by atoms with Crippen molar-refractivity contribution in [2.24, 2.45) is 5.73 Å². The smallest absolute Gasteiger partial charge is 0.244 e. The number of nitrogens with zero attached hydrogens (tertiary/aromatic N) is 2. The van der Waals surface area contributed by atoms with Crippen molar-refractivity contribution in [1.82, 2.24) is 10.2 Å². The van der Waals surface area contributed by atoms with Crippen LogP contribution in [0.15, 0.2) is 60.0 Å². The maximum Gasteiger partial charge on any atom is 0.244 e. The van der Waals surface area contributed by atoms with Crippen molar-refractivity contribution < 1.29 is 13.9 Å². The van der Waals surface area contributed by atoms with Gasteiger partial charge in [-0.2, -0.15) is 5.26 Å². The highest BCUT2D eigenvalue weighted by Gasteiger charge is 2.35. The third-order valence-corrected chi connectivity index (χ3v) is 5.89. The summed E-state index contributed by atoms with van der Waals surface area (Å²) in [6, 6.07) is 16.0. The first-order valence-corrected chi connectivity index (χ1v) is 10.3. The molecule has 6 nitrogen and oxygen atoms in total. The number of hydrogen-bond acceptors (Lipinski definition) is 5. The van der Waals surface area contributed by atoms with E-state index in [1.165, 1.54) is 25.0 Å². The van der Waals surface area contributed by atoms with E-state index in [1.54, 1.807) is 12.1 Å². The summed E-state index contributed by atoms with van der Waals surface area (Å²) in [5.41, 5.74) is 9.31. The van der Waals surface area contributed by atoms with E-state index >= 15 is 0 Å². The molecule has 1 aromatic heterocycles. The van der Waals surface area contributed by atoms with Gasteiger partial charge in [0.05, 0.1) is 23.3 Å². The van der Waals surface area contributed by atoms with Gasteiger partial charge >= 0.3 is 0 Å². The van der Waals surface area contributed by atoms with Crippen LogP contribution in [0.1, 0.15) is 42.7 Å². The third-order valence-electron chi connectivity index (χ3n) is 5.89. The number of halogens is 1. The van der Waals surface area contributed by atoms with Crippen LogP contribution in [0, 0.1) is 17.1 Å². The summed E-state index contributed by atoms with van der Waals surface area (Å²) >= 11 is 0. The average molecular weight is 416 g/mol. The number of hydrogen-bond donors (Lipinski definition) is 2. The van der Waals surface area contributed by atoms with Crippen LogP contribution in [0.4, 0.5) is 4.39 Å². The summed E-state index contributed by atoms with van der Waals surface area (Å²) in [5, 5.41) is 17.0. The minimum atomic E-state index is -0.465. The van der Waals surface area contributed by atoms with Crippen molar-refractivity contribution in [3.63, 3.8) is 0 Å². The Morgan fingerprint density at radius 1 is 1.10 bits per heavy atom. The van der Waals surface area contributed by atoms with Crippen LogP contribution in [0.25, 0.3) is 11.3 Å². The Bertz CT molecular complexity index is 1170. The lowest BCUT2D eigenvalue weighted by molar-refractivity contribution is 0.210. The number of H-pyrrole nitrogens is 1.